The summed E-state index contributed by atoms with van der Waals surface area (Å²) < 4.78 is 1.92. The first-order valence-electron chi connectivity index (χ1n) is 6.17. The summed E-state index contributed by atoms with van der Waals surface area (Å²) in [6.45, 7) is 6.77. The van der Waals surface area contributed by atoms with E-state index in [1.165, 1.54) is 11.1 Å². The molecule has 0 saturated heterocycles. The van der Waals surface area contributed by atoms with E-state index in [2.05, 4.69) is 41.6 Å². The summed E-state index contributed by atoms with van der Waals surface area (Å²) in [4.78, 5) is 0. The molecular weight excluding hydrogens is 246 g/mol. The molecule has 4 heteroatoms. The van der Waals surface area contributed by atoms with Gasteiger partial charge >= 0.3 is 0 Å². The van der Waals surface area contributed by atoms with Crippen LogP contribution < -0.4 is 5.32 Å². The minimum absolute atomic E-state index is 0.721. The lowest BCUT2D eigenvalue weighted by Gasteiger charge is -2.06. The highest BCUT2D eigenvalue weighted by Crippen LogP contribution is 2.15. The van der Waals surface area contributed by atoms with Crippen molar-refractivity contribution in [1.82, 2.24) is 15.1 Å². The molecular formula is C14H18ClN3. The zero-order valence-electron chi connectivity index (χ0n) is 10.8. The van der Waals surface area contributed by atoms with Crippen LogP contribution in [0.15, 0.2) is 30.5 Å². The first-order chi connectivity index (χ1) is 8.70. The van der Waals surface area contributed by atoms with Gasteiger partial charge in [-0.1, -0.05) is 42.8 Å². The number of rotatable bonds is 5. The fourth-order valence-corrected chi connectivity index (χ4v) is 1.93. The monoisotopic (exact) mass is 263 g/mol. The predicted octanol–water partition coefficient (Wildman–Crippen LogP) is 3.00. The highest BCUT2D eigenvalue weighted by Gasteiger charge is 2.04. The molecule has 1 aromatic carbocycles. The second-order valence-corrected chi connectivity index (χ2v) is 4.74. The molecule has 96 valence electrons. The number of hydrogen-bond donors (Lipinski definition) is 1. The van der Waals surface area contributed by atoms with Crippen molar-refractivity contribution in [2.24, 2.45) is 0 Å². The van der Waals surface area contributed by atoms with Crippen LogP contribution >= 0.6 is 11.6 Å². The molecule has 0 aliphatic heterocycles. The number of aromatic nitrogens is 2. The Morgan fingerprint density at radius 1 is 1.22 bits per heavy atom. The molecule has 0 fully saturated rings. The molecule has 2 rings (SSSR count). The molecule has 0 saturated carbocycles. The maximum atomic E-state index is 5.99. The van der Waals surface area contributed by atoms with E-state index in [-0.39, 0.29) is 0 Å². The van der Waals surface area contributed by atoms with Gasteiger partial charge in [-0.3, -0.25) is 4.68 Å². The minimum Gasteiger partial charge on any atom is -0.313 e. The van der Waals surface area contributed by atoms with Crippen molar-refractivity contribution in [3.05, 3.63) is 52.3 Å². The molecule has 1 N–H and O–H groups in total. The van der Waals surface area contributed by atoms with Crippen LogP contribution in [0.2, 0.25) is 5.02 Å². The van der Waals surface area contributed by atoms with Gasteiger partial charge in [0.15, 0.2) is 0 Å². The number of benzene rings is 1. The van der Waals surface area contributed by atoms with E-state index in [0.717, 1.165) is 30.4 Å². The van der Waals surface area contributed by atoms with Crippen molar-refractivity contribution >= 4 is 11.6 Å². The van der Waals surface area contributed by atoms with Crippen LogP contribution in [0.3, 0.4) is 0 Å². The normalized spacial score (nSPS) is 10.8. The topological polar surface area (TPSA) is 29.9 Å². The Morgan fingerprint density at radius 3 is 2.44 bits per heavy atom. The van der Waals surface area contributed by atoms with Crippen LogP contribution in [0.4, 0.5) is 0 Å². The first kappa shape index (κ1) is 13.1. The lowest BCUT2D eigenvalue weighted by Crippen LogP contribution is -2.11. The molecule has 0 spiro atoms. The summed E-state index contributed by atoms with van der Waals surface area (Å²) in [6, 6.07) is 8.58. The molecule has 0 radical (unpaired) electrons. The molecule has 0 amide bonds. The molecule has 0 bridgehead atoms. The highest BCUT2D eigenvalue weighted by molar-refractivity contribution is 6.31. The number of hydrogen-bond acceptors (Lipinski definition) is 2. The predicted molar refractivity (Wildman–Crippen MR) is 74.9 cm³/mol. The largest absolute Gasteiger partial charge is 0.313 e. The second-order valence-electron chi connectivity index (χ2n) is 4.33. The molecule has 1 aromatic heterocycles. The lowest BCUT2D eigenvalue weighted by atomic mass is 10.1. The van der Waals surface area contributed by atoms with E-state index in [9.17, 15) is 0 Å². The van der Waals surface area contributed by atoms with E-state index < -0.39 is 0 Å². The van der Waals surface area contributed by atoms with Crippen LogP contribution in [-0.4, -0.2) is 16.3 Å². The van der Waals surface area contributed by atoms with Crippen molar-refractivity contribution < 1.29 is 0 Å². The molecule has 0 atom stereocenters. The zero-order valence-corrected chi connectivity index (χ0v) is 11.5. The van der Waals surface area contributed by atoms with E-state index in [4.69, 9.17) is 11.6 Å². The summed E-state index contributed by atoms with van der Waals surface area (Å²) in [5.41, 5.74) is 3.54. The van der Waals surface area contributed by atoms with E-state index >= 15 is 0 Å². The van der Waals surface area contributed by atoms with Gasteiger partial charge in [0.1, 0.15) is 0 Å². The average Bonchev–Trinajstić information content (AvgIpc) is 2.70. The maximum absolute atomic E-state index is 5.99. The summed E-state index contributed by atoms with van der Waals surface area (Å²) in [6.07, 6.45) is 1.69. The summed E-state index contributed by atoms with van der Waals surface area (Å²) in [5.74, 6) is 0. The molecule has 2 aromatic rings. The summed E-state index contributed by atoms with van der Waals surface area (Å²) in [5, 5.41) is 8.29. The standard InChI is InChI=1S/C14H18ClN3/c1-3-16-8-12-4-6-13(7-5-12)10-18-11(2)14(15)9-17-18/h4-7,9,16H,3,8,10H2,1-2H3. The third kappa shape index (κ3) is 3.12. The number of nitrogens with zero attached hydrogens (tertiary/aromatic N) is 2. The number of nitrogens with one attached hydrogen (secondary N) is 1. The van der Waals surface area contributed by atoms with Gasteiger partial charge in [0.2, 0.25) is 0 Å². The van der Waals surface area contributed by atoms with Crippen LogP contribution in [0.1, 0.15) is 23.7 Å². The van der Waals surface area contributed by atoms with E-state index in [0.29, 0.717) is 0 Å². The quantitative estimate of drug-likeness (QED) is 0.899. The van der Waals surface area contributed by atoms with Gasteiger partial charge in [-0.05, 0) is 24.6 Å². The summed E-state index contributed by atoms with van der Waals surface area (Å²) >= 11 is 5.99. The van der Waals surface area contributed by atoms with Crippen molar-refractivity contribution in [2.45, 2.75) is 26.9 Å². The Kier molecular flexibility index (Phi) is 4.39. The minimum atomic E-state index is 0.721. The van der Waals surface area contributed by atoms with Crippen LogP contribution in [0, 0.1) is 6.92 Å². The Bertz CT molecular complexity index is 502. The van der Waals surface area contributed by atoms with Gasteiger partial charge in [0.25, 0.3) is 0 Å². The third-order valence-electron chi connectivity index (χ3n) is 2.98. The Hall–Kier alpha value is -1.32. The van der Waals surface area contributed by atoms with Crippen molar-refractivity contribution in [3.8, 4) is 0 Å². The molecule has 0 aliphatic carbocycles. The van der Waals surface area contributed by atoms with Crippen LogP contribution in [0.5, 0.6) is 0 Å². The van der Waals surface area contributed by atoms with Gasteiger partial charge in [-0.25, -0.2) is 0 Å². The van der Waals surface area contributed by atoms with Crippen LogP contribution in [-0.2, 0) is 13.1 Å². The smallest absolute Gasteiger partial charge is 0.0815 e. The number of halogens is 1. The SMILES string of the molecule is CCNCc1ccc(Cn2ncc(Cl)c2C)cc1. The van der Waals surface area contributed by atoms with Gasteiger partial charge in [0, 0.05) is 6.54 Å². The molecule has 0 unspecified atom stereocenters. The fraction of sp³-hybridized carbons (Fsp3) is 0.357. The van der Waals surface area contributed by atoms with Gasteiger partial charge in [-0.15, -0.1) is 0 Å². The van der Waals surface area contributed by atoms with Gasteiger partial charge in [-0.2, -0.15) is 5.10 Å². The molecule has 18 heavy (non-hydrogen) atoms. The maximum Gasteiger partial charge on any atom is 0.0815 e. The lowest BCUT2D eigenvalue weighted by molar-refractivity contribution is 0.664. The van der Waals surface area contributed by atoms with Crippen molar-refractivity contribution in [2.75, 3.05) is 6.54 Å². The Morgan fingerprint density at radius 2 is 1.89 bits per heavy atom. The fourth-order valence-electron chi connectivity index (χ4n) is 1.79. The molecule has 0 aliphatic rings. The average molecular weight is 264 g/mol. The Balaban J connectivity index is 2.04. The van der Waals surface area contributed by atoms with E-state index in [1.54, 1.807) is 6.20 Å². The molecule has 3 nitrogen and oxygen atoms in total. The van der Waals surface area contributed by atoms with E-state index in [1.807, 2.05) is 11.6 Å². The first-order valence-corrected chi connectivity index (χ1v) is 6.55. The molecule has 1 heterocycles. The third-order valence-corrected chi connectivity index (χ3v) is 3.35. The summed E-state index contributed by atoms with van der Waals surface area (Å²) in [7, 11) is 0. The van der Waals surface area contributed by atoms with Gasteiger partial charge < -0.3 is 5.32 Å². The Labute approximate surface area is 113 Å². The van der Waals surface area contributed by atoms with Crippen LogP contribution in [0.25, 0.3) is 0 Å². The second kappa shape index (κ2) is 6.03. The highest BCUT2D eigenvalue weighted by atomic mass is 35.5. The van der Waals surface area contributed by atoms with Crippen molar-refractivity contribution in [1.29, 1.82) is 0 Å². The van der Waals surface area contributed by atoms with Crippen molar-refractivity contribution in [3.63, 3.8) is 0 Å². The van der Waals surface area contributed by atoms with Gasteiger partial charge in [0.05, 0.1) is 23.5 Å². The zero-order chi connectivity index (χ0) is 13.0.